The molecule has 10 heteroatoms. The number of hydrogen-bond donors (Lipinski definition) is 4. The van der Waals surface area contributed by atoms with Crippen LogP contribution in [0, 0.1) is 24.4 Å². The summed E-state index contributed by atoms with van der Waals surface area (Å²) < 4.78 is 16.3. The van der Waals surface area contributed by atoms with Crippen molar-refractivity contribution in [2.75, 3.05) is 6.79 Å². The maximum absolute atomic E-state index is 12.7. The minimum absolute atomic E-state index is 0. The predicted molar refractivity (Wildman–Crippen MR) is 123 cm³/mol. The number of nitrogens with one attached hydrogen (secondary N) is 1. The fourth-order valence-electron chi connectivity index (χ4n) is 3.55. The van der Waals surface area contributed by atoms with E-state index in [1.165, 1.54) is 0 Å². The normalized spacial score (nSPS) is 28.9. The second-order valence-electron chi connectivity index (χ2n) is 10.1. The van der Waals surface area contributed by atoms with Gasteiger partial charge in [-0.1, -0.05) is 39.8 Å². The number of carbonyl (C=O) groups is 1. The number of carbonyl (C=O) groups excluding carboxylic acids is 1. The smallest absolute Gasteiger partial charge is 0.247 e. The molecule has 1 amide bonds. The number of aliphatic hydroxyl groups excluding tert-OH is 3. The van der Waals surface area contributed by atoms with Gasteiger partial charge in [0.25, 0.3) is 0 Å². The number of fused-ring (bicyclic) bond motifs is 1. The Morgan fingerprint density at radius 2 is 1.63 bits per heavy atom. The molecule has 192 valence electrons. The first-order valence-electron chi connectivity index (χ1n) is 11.0. The van der Waals surface area contributed by atoms with Gasteiger partial charge in [0.1, 0.15) is 37.3 Å². The van der Waals surface area contributed by atoms with Gasteiger partial charge in [-0.25, -0.2) is 0 Å². The molecule has 1 aliphatic carbocycles. The molecule has 1 aromatic rings. The Balaban J connectivity index is 0.00000306. The van der Waals surface area contributed by atoms with E-state index in [0.29, 0.717) is 11.3 Å². The minimum Gasteiger partial charge on any atom is -0.662 e. The SMILES string of the molecule is [CH2-]C(C)(C)C(C)(C)[CH-]Oc1ccc(/C=C(\C)C(=O)NC2[C@@H](O)[C@@H]3OCO[C@@H]3[C@H](O)[C@H]2O)cc1.[V].[Y]. The third-order valence-corrected chi connectivity index (χ3v) is 6.76. The average molecular weight is 601 g/mol. The van der Waals surface area contributed by atoms with Crippen molar-refractivity contribution in [1.82, 2.24) is 5.32 Å². The van der Waals surface area contributed by atoms with Gasteiger partial charge in [0.2, 0.25) is 5.91 Å². The summed E-state index contributed by atoms with van der Waals surface area (Å²) in [5.74, 6) is 0.193. The van der Waals surface area contributed by atoms with Crippen molar-refractivity contribution in [3.8, 4) is 5.75 Å². The average Bonchev–Trinajstić information content (AvgIpc) is 3.24. The minimum atomic E-state index is -1.39. The van der Waals surface area contributed by atoms with Crippen molar-refractivity contribution < 1.29 is 85.6 Å². The van der Waals surface area contributed by atoms with E-state index in [9.17, 15) is 20.1 Å². The Hall–Kier alpha value is -0.282. The first kappa shape index (κ1) is 32.7. The summed E-state index contributed by atoms with van der Waals surface area (Å²) in [5, 5.41) is 33.7. The topological polar surface area (TPSA) is 117 Å². The van der Waals surface area contributed by atoms with Gasteiger partial charge in [0, 0.05) is 56.8 Å². The van der Waals surface area contributed by atoms with Crippen LogP contribution in [0.4, 0.5) is 0 Å². The molecule has 8 nitrogen and oxygen atoms in total. The van der Waals surface area contributed by atoms with Crippen molar-refractivity contribution in [3.63, 3.8) is 0 Å². The molecule has 6 atom stereocenters. The quantitative estimate of drug-likeness (QED) is 0.279. The molecule has 0 aromatic heterocycles. The Labute approximate surface area is 244 Å². The second kappa shape index (κ2) is 13.0. The van der Waals surface area contributed by atoms with Crippen LogP contribution in [0.2, 0.25) is 0 Å². The molecule has 1 aromatic carbocycles. The van der Waals surface area contributed by atoms with E-state index >= 15 is 0 Å². The van der Waals surface area contributed by atoms with Gasteiger partial charge in [-0.15, -0.1) is 0 Å². The molecule has 1 unspecified atom stereocenters. The van der Waals surface area contributed by atoms with Crippen LogP contribution < -0.4 is 10.1 Å². The van der Waals surface area contributed by atoms with E-state index in [4.69, 9.17) is 14.2 Å². The predicted octanol–water partition coefficient (Wildman–Crippen LogP) is 1.83. The molecule has 4 N–H and O–H groups in total. The maximum atomic E-state index is 12.7. The summed E-state index contributed by atoms with van der Waals surface area (Å²) in [6, 6.07) is 6.17. The maximum Gasteiger partial charge on any atom is 0.247 e. The molecule has 1 heterocycles. The van der Waals surface area contributed by atoms with Crippen molar-refractivity contribution >= 4 is 12.0 Å². The monoisotopic (exact) mass is 601 g/mol. The summed E-state index contributed by atoms with van der Waals surface area (Å²) in [6.07, 6.45) is -3.85. The van der Waals surface area contributed by atoms with E-state index < -0.39 is 42.5 Å². The molecular formula is C25H35NO7VY-2. The van der Waals surface area contributed by atoms with Crippen molar-refractivity contribution in [1.29, 1.82) is 0 Å². The Morgan fingerprint density at radius 3 is 2.17 bits per heavy atom. The molecule has 2 fully saturated rings. The van der Waals surface area contributed by atoms with Gasteiger partial charge >= 0.3 is 0 Å². The van der Waals surface area contributed by atoms with Gasteiger partial charge in [-0.3, -0.25) is 4.79 Å². The fourth-order valence-corrected chi connectivity index (χ4v) is 3.55. The third kappa shape index (κ3) is 7.62. The molecule has 2 radical (unpaired) electrons. The summed E-state index contributed by atoms with van der Waals surface area (Å²) >= 11 is 0. The molecule has 2 aliphatic rings. The summed E-state index contributed by atoms with van der Waals surface area (Å²) in [7, 11) is 0. The summed E-state index contributed by atoms with van der Waals surface area (Å²) in [5.41, 5.74) is 0.713. The van der Waals surface area contributed by atoms with Crippen molar-refractivity contribution in [3.05, 3.63) is 48.9 Å². The third-order valence-electron chi connectivity index (χ3n) is 6.76. The fraction of sp³-hybridized carbons (Fsp3) is 0.560. The van der Waals surface area contributed by atoms with Gasteiger partial charge in [-0.2, -0.15) is 17.4 Å². The van der Waals surface area contributed by atoms with Crippen LogP contribution in [-0.2, 0) is 65.5 Å². The molecule has 35 heavy (non-hydrogen) atoms. The molecule has 1 saturated carbocycles. The van der Waals surface area contributed by atoms with Crippen LogP contribution >= 0.6 is 0 Å². The summed E-state index contributed by atoms with van der Waals surface area (Å²) in [4.78, 5) is 12.7. The van der Waals surface area contributed by atoms with Crippen LogP contribution in [0.25, 0.3) is 6.08 Å². The number of benzene rings is 1. The zero-order valence-corrected chi connectivity index (χ0v) is 25.1. The van der Waals surface area contributed by atoms with E-state index in [1.54, 1.807) is 19.6 Å². The number of ether oxygens (including phenoxy) is 3. The van der Waals surface area contributed by atoms with E-state index in [1.807, 2.05) is 38.1 Å². The molecule has 0 spiro atoms. The molecule has 1 aliphatic heterocycles. The Morgan fingerprint density at radius 1 is 1.09 bits per heavy atom. The van der Waals surface area contributed by atoms with Gasteiger partial charge in [-0.05, 0) is 30.7 Å². The standard InChI is InChI=1S/C25H35NO7.V.Y/c1-14(11-15-7-9-16(10-8-15)31-12-25(5,6)24(2,3)4)23(30)26-17-18(27)20(29)22-21(19(17)28)32-13-33-22;;/h7-12,17-22,27-29H,2,13H2,1,3-6H3,(H,26,30);;/q-2;;/b14-11+;;/t17?,18-,19+,20+,21-,22+;;/m0../s1. The van der Waals surface area contributed by atoms with Gasteiger partial charge in [0.05, 0.1) is 11.8 Å². The number of rotatable bonds is 7. The van der Waals surface area contributed by atoms with E-state index in [0.717, 1.165) is 5.56 Å². The van der Waals surface area contributed by atoms with Crippen LogP contribution in [0.15, 0.2) is 29.8 Å². The zero-order chi connectivity index (χ0) is 24.6. The van der Waals surface area contributed by atoms with Crippen LogP contribution in [0.1, 0.15) is 40.2 Å². The second-order valence-corrected chi connectivity index (χ2v) is 10.1. The van der Waals surface area contributed by atoms with E-state index in [-0.39, 0.29) is 68.9 Å². The molecule has 3 rings (SSSR count). The molecular weight excluding hydrogens is 566 g/mol. The van der Waals surface area contributed by atoms with Crippen LogP contribution in [-0.4, -0.2) is 64.6 Å². The van der Waals surface area contributed by atoms with Crippen molar-refractivity contribution in [2.24, 2.45) is 10.8 Å². The van der Waals surface area contributed by atoms with Crippen LogP contribution in [0.5, 0.6) is 5.75 Å². The zero-order valence-electron chi connectivity index (χ0n) is 20.8. The number of amides is 1. The summed E-state index contributed by atoms with van der Waals surface area (Å²) in [6.45, 7) is 15.7. The Kier molecular flexibility index (Phi) is 12.2. The van der Waals surface area contributed by atoms with Gasteiger partial charge in [0.15, 0.2) is 0 Å². The Bertz CT molecular complexity index is 872. The van der Waals surface area contributed by atoms with E-state index in [2.05, 4.69) is 26.1 Å². The largest absolute Gasteiger partial charge is 0.662 e. The van der Waals surface area contributed by atoms with Crippen molar-refractivity contribution in [2.45, 2.75) is 71.2 Å². The first-order chi connectivity index (χ1) is 15.3. The number of hydrogen-bond acceptors (Lipinski definition) is 7. The first-order valence-corrected chi connectivity index (χ1v) is 11.0. The molecule has 0 bridgehead atoms. The van der Waals surface area contributed by atoms with Gasteiger partial charge < -0.3 is 41.8 Å². The number of aliphatic hydroxyl groups is 3. The molecule has 1 saturated heterocycles. The van der Waals surface area contributed by atoms with Crippen LogP contribution in [0.3, 0.4) is 0 Å².